The third kappa shape index (κ3) is 13.4. The molecule has 0 aliphatic carbocycles. The molecule has 1 atom stereocenters. The zero-order chi connectivity index (χ0) is 14.5. The number of ether oxygens (including phenoxy) is 1. The summed E-state index contributed by atoms with van der Waals surface area (Å²) in [5.74, 6) is -0.524. The van der Waals surface area contributed by atoms with Crippen LogP contribution >= 0.6 is 0 Å². The summed E-state index contributed by atoms with van der Waals surface area (Å²) in [6.07, 6.45) is 11.0. The molecule has 3 heteroatoms. The fraction of sp³-hybridized carbons (Fsp3) is 0.875. The molecule has 3 nitrogen and oxygen atoms in total. The Morgan fingerprint density at radius 2 is 1.47 bits per heavy atom. The molecule has 19 heavy (non-hydrogen) atoms. The molecule has 0 rings (SSSR count). The topological polar surface area (TPSA) is 43.4 Å². The van der Waals surface area contributed by atoms with E-state index in [4.69, 9.17) is 4.74 Å². The van der Waals surface area contributed by atoms with Crippen molar-refractivity contribution in [2.24, 2.45) is 0 Å². The van der Waals surface area contributed by atoms with Crippen LogP contribution in [0.15, 0.2) is 0 Å². The molecule has 0 radical (unpaired) electrons. The van der Waals surface area contributed by atoms with Gasteiger partial charge in [-0.2, -0.15) is 0 Å². The first kappa shape index (κ1) is 18.1. The van der Waals surface area contributed by atoms with Gasteiger partial charge < -0.3 is 4.74 Å². The largest absolute Gasteiger partial charge is 0.462 e. The van der Waals surface area contributed by atoms with Crippen LogP contribution in [0.5, 0.6) is 0 Å². The van der Waals surface area contributed by atoms with Gasteiger partial charge in [-0.15, -0.1) is 0 Å². The number of carbonyl (C=O) groups is 2. The third-order valence-electron chi connectivity index (χ3n) is 3.19. The van der Waals surface area contributed by atoms with Crippen LogP contribution in [0.25, 0.3) is 0 Å². The van der Waals surface area contributed by atoms with Gasteiger partial charge in [-0.25, -0.2) is 0 Å². The SMILES string of the molecule is CCCCCCCCCCC(C)OC(=O)CC(C)=O. The van der Waals surface area contributed by atoms with E-state index in [9.17, 15) is 9.59 Å². The van der Waals surface area contributed by atoms with E-state index in [1.165, 1.54) is 51.9 Å². The second kappa shape index (κ2) is 12.2. The van der Waals surface area contributed by atoms with Gasteiger partial charge in [-0.05, 0) is 26.7 Å². The van der Waals surface area contributed by atoms with Crippen LogP contribution < -0.4 is 0 Å². The first-order valence-electron chi connectivity index (χ1n) is 7.75. The van der Waals surface area contributed by atoms with Crippen LogP contribution in [-0.4, -0.2) is 17.9 Å². The van der Waals surface area contributed by atoms with Crippen LogP contribution in [0.3, 0.4) is 0 Å². The van der Waals surface area contributed by atoms with Crippen molar-refractivity contribution in [3.05, 3.63) is 0 Å². The highest BCUT2D eigenvalue weighted by Crippen LogP contribution is 2.12. The Labute approximate surface area is 118 Å². The molecule has 0 aliphatic rings. The maximum atomic E-state index is 11.3. The van der Waals surface area contributed by atoms with Crippen LogP contribution in [-0.2, 0) is 14.3 Å². The van der Waals surface area contributed by atoms with Crippen molar-refractivity contribution >= 4 is 11.8 Å². The van der Waals surface area contributed by atoms with E-state index >= 15 is 0 Å². The van der Waals surface area contributed by atoms with Crippen LogP contribution in [0.4, 0.5) is 0 Å². The highest BCUT2D eigenvalue weighted by molar-refractivity contribution is 5.94. The van der Waals surface area contributed by atoms with Crippen molar-refractivity contribution in [1.29, 1.82) is 0 Å². The number of hydrogen-bond acceptors (Lipinski definition) is 3. The molecule has 0 heterocycles. The Hall–Kier alpha value is -0.860. The monoisotopic (exact) mass is 270 g/mol. The molecule has 0 aliphatic heterocycles. The summed E-state index contributed by atoms with van der Waals surface area (Å²) in [6, 6.07) is 0. The highest BCUT2D eigenvalue weighted by Gasteiger charge is 2.10. The Kier molecular flexibility index (Phi) is 11.6. The van der Waals surface area contributed by atoms with E-state index in [1.54, 1.807) is 0 Å². The Morgan fingerprint density at radius 3 is 2.00 bits per heavy atom. The second-order valence-electron chi connectivity index (χ2n) is 5.44. The summed E-state index contributed by atoms with van der Waals surface area (Å²) >= 11 is 0. The first-order valence-corrected chi connectivity index (χ1v) is 7.75. The first-order chi connectivity index (χ1) is 9.06. The predicted molar refractivity (Wildman–Crippen MR) is 78.1 cm³/mol. The molecule has 0 amide bonds. The van der Waals surface area contributed by atoms with E-state index in [0.29, 0.717) is 0 Å². The molecule has 0 bridgehead atoms. The normalized spacial score (nSPS) is 12.2. The van der Waals surface area contributed by atoms with Crippen molar-refractivity contribution in [2.45, 2.75) is 91.1 Å². The number of ketones is 1. The third-order valence-corrected chi connectivity index (χ3v) is 3.19. The van der Waals surface area contributed by atoms with Crippen molar-refractivity contribution in [1.82, 2.24) is 0 Å². The fourth-order valence-corrected chi connectivity index (χ4v) is 2.09. The second-order valence-corrected chi connectivity index (χ2v) is 5.44. The Bertz CT molecular complexity index is 248. The average molecular weight is 270 g/mol. The predicted octanol–water partition coefficient (Wildman–Crippen LogP) is 4.43. The van der Waals surface area contributed by atoms with Crippen molar-refractivity contribution in [2.75, 3.05) is 0 Å². The van der Waals surface area contributed by atoms with E-state index in [1.807, 2.05) is 6.92 Å². The number of esters is 1. The summed E-state index contributed by atoms with van der Waals surface area (Å²) in [7, 11) is 0. The van der Waals surface area contributed by atoms with Crippen molar-refractivity contribution < 1.29 is 14.3 Å². The van der Waals surface area contributed by atoms with Crippen LogP contribution in [0.1, 0.15) is 85.0 Å². The van der Waals surface area contributed by atoms with E-state index in [-0.39, 0.29) is 24.3 Å². The molecule has 0 saturated carbocycles. The lowest BCUT2D eigenvalue weighted by atomic mass is 10.1. The van der Waals surface area contributed by atoms with Gasteiger partial charge in [0, 0.05) is 0 Å². The van der Waals surface area contributed by atoms with Gasteiger partial charge in [-0.1, -0.05) is 51.9 Å². The van der Waals surface area contributed by atoms with Crippen molar-refractivity contribution in [3.8, 4) is 0 Å². The molecular formula is C16H30O3. The molecule has 0 fully saturated rings. The standard InChI is InChI=1S/C16H30O3/c1-4-5-6-7-8-9-10-11-12-15(3)19-16(18)13-14(2)17/h15H,4-13H2,1-3H3. The minimum absolute atomic E-state index is 0.0630. The van der Waals surface area contributed by atoms with Gasteiger partial charge in [0.1, 0.15) is 12.2 Å². The highest BCUT2D eigenvalue weighted by atomic mass is 16.5. The summed E-state index contributed by atoms with van der Waals surface area (Å²) in [6.45, 7) is 5.54. The fourth-order valence-electron chi connectivity index (χ4n) is 2.09. The van der Waals surface area contributed by atoms with E-state index in [2.05, 4.69) is 6.92 Å². The molecule has 0 spiro atoms. The lowest BCUT2D eigenvalue weighted by molar-refractivity contribution is -0.150. The van der Waals surface area contributed by atoms with Crippen molar-refractivity contribution in [3.63, 3.8) is 0 Å². The minimum atomic E-state index is -0.389. The minimum Gasteiger partial charge on any atom is -0.462 e. The average Bonchev–Trinajstić information content (AvgIpc) is 2.31. The number of hydrogen-bond donors (Lipinski definition) is 0. The zero-order valence-corrected chi connectivity index (χ0v) is 12.9. The maximum Gasteiger partial charge on any atom is 0.313 e. The van der Waals surface area contributed by atoms with Gasteiger partial charge in [-0.3, -0.25) is 9.59 Å². The molecule has 0 aromatic heterocycles. The molecule has 1 unspecified atom stereocenters. The lowest BCUT2D eigenvalue weighted by Gasteiger charge is -2.12. The molecule has 112 valence electrons. The van der Waals surface area contributed by atoms with E-state index in [0.717, 1.165) is 12.8 Å². The van der Waals surface area contributed by atoms with Gasteiger partial charge in [0.2, 0.25) is 0 Å². The molecule has 0 saturated heterocycles. The number of carbonyl (C=O) groups excluding carboxylic acids is 2. The Morgan fingerprint density at radius 1 is 0.947 bits per heavy atom. The summed E-state index contributed by atoms with van der Waals surface area (Å²) in [4.78, 5) is 22.0. The number of rotatable bonds is 12. The van der Waals surface area contributed by atoms with Crippen LogP contribution in [0, 0.1) is 0 Å². The summed E-state index contributed by atoms with van der Waals surface area (Å²) in [5, 5.41) is 0. The van der Waals surface area contributed by atoms with Gasteiger partial charge in [0.25, 0.3) is 0 Å². The van der Waals surface area contributed by atoms with Gasteiger partial charge in [0.05, 0.1) is 6.10 Å². The lowest BCUT2D eigenvalue weighted by Crippen LogP contribution is -2.16. The summed E-state index contributed by atoms with van der Waals surface area (Å²) < 4.78 is 5.16. The van der Waals surface area contributed by atoms with E-state index < -0.39 is 0 Å². The van der Waals surface area contributed by atoms with Crippen LogP contribution in [0.2, 0.25) is 0 Å². The molecule has 0 aromatic carbocycles. The number of Topliss-reactive ketones (excluding diaryl/α,β-unsaturated/α-hetero) is 1. The Balaban J connectivity index is 3.36. The van der Waals surface area contributed by atoms with Gasteiger partial charge in [0.15, 0.2) is 0 Å². The number of unbranched alkanes of at least 4 members (excludes halogenated alkanes) is 7. The maximum absolute atomic E-state index is 11.3. The van der Waals surface area contributed by atoms with Gasteiger partial charge >= 0.3 is 5.97 Å². The molecule has 0 N–H and O–H groups in total. The zero-order valence-electron chi connectivity index (χ0n) is 12.9. The summed E-state index contributed by atoms with van der Waals surface area (Å²) in [5.41, 5.74) is 0. The molecule has 0 aromatic rings. The quantitative estimate of drug-likeness (QED) is 0.299. The smallest absolute Gasteiger partial charge is 0.313 e. The molecular weight excluding hydrogens is 240 g/mol.